The predicted octanol–water partition coefficient (Wildman–Crippen LogP) is 2.79. The molecule has 0 aliphatic rings. The Kier molecular flexibility index (Phi) is 11.7. The average molecular weight is 466 g/mol. The molecule has 0 radical (unpaired) electrons. The summed E-state index contributed by atoms with van der Waals surface area (Å²) in [7, 11) is 0. The molecule has 2 heterocycles. The Morgan fingerprint density at radius 3 is 2.32 bits per heavy atom. The first kappa shape index (κ1) is 27.0. The van der Waals surface area contributed by atoms with Gasteiger partial charge in [0, 0.05) is 17.3 Å². The van der Waals surface area contributed by atoms with E-state index in [-0.39, 0.29) is 108 Å². The van der Waals surface area contributed by atoms with Gasteiger partial charge in [0.2, 0.25) is 0 Å². The topological polar surface area (TPSA) is 76.5 Å². The Bertz CT molecular complexity index is 1140. The van der Waals surface area contributed by atoms with Crippen LogP contribution in [-0.4, -0.2) is 128 Å². The quantitative estimate of drug-likeness (QED) is 0.426. The zero-order chi connectivity index (χ0) is 20.1. The van der Waals surface area contributed by atoms with Gasteiger partial charge in [0.25, 0.3) is 5.56 Å². The fraction of sp³-hybridized carbons (Fsp3) is 0.217. The molecule has 4 aromatic rings. The van der Waals surface area contributed by atoms with Crippen LogP contribution in [0.25, 0.3) is 22.5 Å². The maximum absolute atomic E-state index is 12.4. The fourth-order valence-corrected chi connectivity index (χ4v) is 3.51. The molecule has 4 rings (SSSR count). The molecular formula is C23H25K2N5O. The molecule has 0 aliphatic heterocycles. The zero-order valence-corrected chi connectivity index (χ0v) is 16.4. The van der Waals surface area contributed by atoms with Crippen molar-refractivity contribution in [2.24, 2.45) is 0 Å². The van der Waals surface area contributed by atoms with Crippen LogP contribution in [0, 0.1) is 0 Å². The van der Waals surface area contributed by atoms with Gasteiger partial charge in [0.15, 0.2) is 5.82 Å². The third-order valence-corrected chi connectivity index (χ3v) is 5.06. The first-order chi connectivity index (χ1) is 14.3. The van der Waals surface area contributed by atoms with Crippen LogP contribution < -0.4 is 5.56 Å². The van der Waals surface area contributed by atoms with E-state index in [2.05, 4.69) is 57.9 Å². The monoisotopic (exact) mass is 465 g/mol. The minimum absolute atomic E-state index is 0. The molecule has 0 atom stereocenters. The van der Waals surface area contributed by atoms with Gasteiger partial charge >= 0.3 is 103 Å². The van der Waals surface area contributed by atoms with E-state index >= 15 is 0 Å². The van der Waals surface area contributed by atoms with Gasteiger partial charge in [0.1, 0.15) is 0 Å². The number of tetrazole rings is 1. The van der Waals surface area contributed by atoms with E-state index in [1.54, 1.807) is 6.07 Å². The SMILES string of the molecule is CCCCc1cccc(=O)n1Cc1ccc(-c2ccccc2-c2nnn[nH]2)cc1.[KH].[KH]. The van der Waals surface area contributed by atoms with Gasteiger partial charge in [0.05, 0.1) is 6.54 Å². The van der Waals surface area contributed by atoms with Crippen molar-refractivity contribution >= 4 is 103 Å². The molecule has 0 spiro atoms. The second kappa shape index (κ2) is 13.4. The molecule has 0 fully saturated rings. The minimum atomic E-state index is 0. The Morgan fingerprint density at radius 2 is 1.65 bits per heavy atom. The number of unbranched alkanes of at least 4 members (excludes halogenated alkanes) is 1. The van der Waals surface area contributed by atoms with Gasteiger partial charge in [-0.3, -0.25) is 4.79 Å². The predicted molar refractivity (Wildman–Crippen MR) is 128 cm³/mol. The maximum atomic E-state index is 12.4. The number of hydrogen-bond donors (Lipinski definition) is 1. The van der Waals surface area contributed by atoms with E-state index in [1.165, 1.54) is 0 Å². The molecule has 8 heteroatoms. The van der Waals surface area contributed by atoms with Crippen LogP contribution >= 0.6 is 0 Å². The van der Waals surface area contributed by atoms with Crippen LogP contribution in [0.2, 0.25) is 0 Å². The van der Waals surface area contributed by atoms with Gasteiger partial charge in [-0.1, -0.05) is 67.9 Å². The molecule has 31 heavy (non-hydrogen) atoms. The van der Waals surface area contributed by atoms with Crippen molar-refractivity contribution in [3.05, 3.63) is 88.3 Å². The van der Waals surface area contributed by atoms with Crippen LogP contribution in [0.3, 0.4) is 0 Å². The van der Waals surface area contributed by atoms with Crippen LogP contribution in [0.4, 0.5) is 0 Å². The van der Waals surface area contributed by atoms with E-state index in [9.17, 15) is 4.79 Å². The first-order valence-electron chi connectivity index (χ1n) is 9.87. The van der Waals surface area contributed by atoms with Crippen molar-refractivity contribution in [3.63, 3.8) is 0 Å². The van der Waals surface area contributed by atoms with E-state index in [0.29, 0.717) is 12.4 Å². The summed E-state index contributed by atoms with van der Waals surface area (Å²) in [5.41, 5.74) is 5.31. The van der Waals surface area contributed by atoms with Crippen molar-refractivity contribution in [2.75, 3.05) is 0 Å². The molecule has 6 nitrogen and oxygen atoms in total. The summed E-state index contributed by atoms with van der Waals surface area (Å²) in [6.45, 7) is 2.74. The van der Waals surface area contributed by atoms with Crippen LogP contribution in [0.5, 0.6) is 0 Å². The second-order valence-corrected chi connectivity index (χ2v) is 7.04. The van der Waals surface area contributed by atoms with Crippen molar-refractivity contribution in [1.82, 2.24) is 25.2 Å². The normalized spacial score (nSPS) is 10.2. The van der Waals surface area contributed by atoms with E-state index in [0.717, 1.165) is 47.2 Å². The number of aromatic amines is 1. The number of H-pyrrole nitrogens is 1. The third-order valence-electron chi connectivity index (χ3n) is 5.06. The number of rotatable bonds is 7. The average Bonchev–Trinajstić information content (AvgIpc) is 3.29. The second-order valence-electron chi connectivity index (χ2n) is 7.04. The van der Waals surface area contributed by atoms with E-state index < -0.39 is 0 Å². The zero-order valence-electron chi connectivity index (χ0n) is 16.4. The molecule has 0 aliphatic carbocycles. The summed E-state index contributed by atoms with van der Waals surface area (Å²) in [4.78, 5) is 12.4. The van der Waals surface area contributed by atoms with Crippen molar-refractivity contribution in [2.45, 2.75) is 32.7 Å². The van der Waals surface area contributed by atoms with Crippen molar-refractivity contribution < 1.29 is 0 Å². The Labute approximate surface area is 267 Å². The number of nitrogens with zero attached hydrogens (tertiary/aromatic N) is 4. The molecule has 0 saturated heterocycles. The fourth-order valence-electron chi connectivity index (χ4n) is 3.51. The molecular weight excluding hydrogens is 440 g/mol. The van der Waals surface area contributed by atoms with Gasteiger partial charge in [-0.05, 0) is 46.0 Å². The third kappa shape index (κ3) is 6.86. The summed E-state index contributed by atoms with van der Waals surface area (Å²) in [5.74, 6) is 0.640. The number of pyridine rings is 1. The van der Waals surface area contributed by atoms with Gasteiger partial charge < -0.3 is 4.57 Å². The molecule has 0 saturated carbocycles. The number of aromatic nitrogens is 5. The molecule has 2 aromatic heterocycles. The van der Waals surface area contributed by atoms with Crippen LogP contribution in [0.15, 0.2) is 71.5 Å². The van der Waals surface area contributed by atoms with Crippen LogP contribution in [-0.2, 0) is 13.0 Å². The number of hydrogen-bond acceptors (Lipinski definition) is 4. The number of aryl methyl sites for hydroxylation is 1. The summed E-state index contributed by atoms with van der Waals surface area (Å²) in [5, 5.41) is 14.2. The Morgan fingerprint density at radius 1 is 0.903 bits per heavy atom. The first-order valence-corrected chi connectivity index (χ1v) is 9.87. The van der Waals surface area contributed by atoms with Gasteiger partial charge in [-0.2, -0.15) is 0 Å². The van der Waals surface area contributed by atoms with Crippen LogP contribution in [0.1, 0.15) is 31.0 Å². The number of benzene rings is 2. The molecule has 0 amide bonds. The van der Waals surface area contributed by atoms with E-state index in [4.69, 9.17) is 0 Å². The van der Waals surface area contributed by atoms with E-state index in [1.807, 2.05) is 34.9 Å². The van der Waals surface area contributed by atoms with Gasteiger partial charge in [-0.25, -0.2) is 5.10 Å². The number of nitrogens with one attached hydrogen (secondary N) is 1. The summed E-state index contributed by atoms with van der Waals surface area (Å²) >= 11 is 0. The van der Waals surface area contributed by atoms with Crippen molar-refractivity contribution in [1.29, 1.82) is 0 Å². The molecule has 2 aromatic carbocycles. The summed E-state index contributed by atoms with van der Waals surface area (Å²) in [6, 6.07) is 21.9. The summed E-state index contributed by atoms with van der Waals surface area (Å²) < 4.78 is 1.87. The van der Waals surface area contributed by atoms with Gasteiger partial charge in [-0.15, -0.1) is 5.10 Å². The standard InChI is InChI=1S/C23H23N5O.2K.2H/c1-2-3-7-19-8-6-11-22(29)28(19)16-17-12-14-18(15-13-17)20-9-4-5-10-21(20)23-24-26-27-25-23;;;;/h4-6,8-15H,2-3,7,16H2,1H3,(H,24,25,26,27);;;;. The molecule has 150 valence electrons. The Hall–Kier alpha value is -0.267. The molecule has 0 bridgehead atoms. The molecule has 1 N–H and O–H groups in total. The molecule has 0 unspecified atom stereocenters. The van der Waals surface area contributed by atoms with Crippen molar-refractivity contribution in [3.8, 4) is 22.5 Å². The summed E-state index contributed by atoms with van der Waals surface area (Å²) in [6.07, 6.45) is 3.11. The Balaban J connectivity index is 0.00000171.